The number of amides is 2. The summed E-state index contributed by atoms with van der Waals surface area (Å²) in [5.74, 6) is 1.24. The molecular weight excluding hydrogens is 356 g/mol. The van der Waals surface area contributed by atoms with Crippen molar-refractivity contribution in [2.45, 2.75) is 33.2 Å². The van der Waals surface area contributed by atoms with E-state index in [2.05, 4.69) is 15.3 Å². The molecule has 1 aliphatic heterocycles. The molecule has 1 aromatic heterocycles. The number of rotatable bonds is 5. The number of carbonyl (C=O) groups is 2. The first-order valence-corrected chi connectivity index (χ1v) is 9.48. The molecule has 7 heteroatoms. The molecule has 7 nitrogen and oxygen atoms in total. The number of carbonyl (C=O) groups excluding carboxylic acids is 2. The van der Waals surface area contributed by atoms with Gasteiger partial charge in [0.15, 0.2) is 0 Å². The number of nitrogens with one attached hydrogen (secondary N) is 1. The van der Waals surface area contributed by atoms with Crippen LogP contribution in [0.5, 0.6) is 5.75 Å². The Bertz CT molecular complexity index is 823. The normalized spacial score (nSPS) is 14.6. The van der Waals surface area contributed by atoms with E-state index in [1.54, 1.807) is 36.3 Å². The molecule has 0 radical (unpaired) electrons. The summed E-state index contributed by atoms with van der Waals surface area (Å²) in [4.78, 5) is 35.6. The quantitative estimate of drug-likeness (QED) is 0.858. The molecule has 0 saturated carbocycles. The fourth-order valence-electron chi connectivity index (χ4n) is 3.45. The third-order valence-corrected chi connectivity index (χ3v) is 4.94. The van der Waals surface area contributed by atoms with E-state index in [0.717, 1.165) is 17.1 Å². The van der Waals surface area contributed by atoms with E-state index in [1.165, 1.54) is 0 Å². The Labute approximate surface area is 165 Å². The third-order valence-electron chi connectivity index (χ3n) is 4.94. The molecule has 2 heterocycles. The molecule has 1 fully saturated rings. The molecule has 1 saturated heterocycles. The molecule has 0 aliphatic carbocycles. The first-order chi connectivity index (χ1) is 13.5. The average molecular weight is 382 g/mol. The van der Waals surface area contributed by atoms with Crippen LogP contribution in [-0.2, 0) is 11.3 Å². The predicted octanol–water partition coefficient (Wildman–Crippen LogP) is 2.27. The maximum atomic E-state index is 12.6. The van der Waals surface area contributed by atoms with Crippen molar-refractivity contribution in [1.29, 1.82) is 0 Å². The molecule has 0 unspecified atom stereocenters. The lowest BCUT2D eigenvalue weighted by atomic mass is 9.95. The second-order valence-corrected chi connectivity index (χ2v) is 7.08. The Morgan fingerprint density at radius 2 is 1.71 bits per heavy atom. The molecule has 28 heavy (non-hydrogen) atoms. The monoisotopic (exact) mass is 382 g/mol. The van der Waals surface area contributed by atoms with E-state index >= 15 is 0 Å². The van der Waals surface area contributed by atoms with Crippen LogP contribution in [0, 0.1) is 19.8 Å². The summed E-state index contributed by atoms with van der Waals surface area (Å²) in [6.45, 7) is 5.30. The minimum atomic E-state index is -0.0918. The van der Waals surface area contributed by atoms with Crippen LogP contribution in [-0.4, -0.2) is 46.9 Å². The number of methoxy groups -OCH3 is 1. The molecule has 0 bridgehead atoms. The van der Waals surface area contributed by atoms with Gasteiger partial charge in [-0.15, -0.1) is 0 Å². The summed E-state index contributed by atoms with van der Waals surface area (Å²) < 4.78 is 5.12. The van der Waals surface area contributed by atoms with E-state index in [9.17, 15) is 9.59 Å². The summed E-state index contributed by atoms with van der Waals surface area (Å²) in [7, 11) is 1.60. The Kier molecular flexibility index (Phi) is 6.23. The van der Waals surface area contributed by atoms with Crippen LogP contribution in [0.2, 0.25) is 0 Å². The van der Waals surface area contributed by atoms with Crippen molar-refractivity contribution < 1.29 is 14.3 Å². The maximum absolute atomic E-state index is 12.6. The predicted molar refractivity (Wildman–Crippen MR) is 105 cm³/mol. The Morgan fingerprint density at radius 1 is 1.11 bits per heavy atom. The topological polar surface area (TPSA) is 84.4 Å². The highest BCUT2D eigenvalue weighted by Crippen LogP contribution is 2.20. The van der Waals surface area contributed by atoms with Crippen LogP contribution in [0.4, 0.5) is 0 Å². The minimum absolute atomic E-state index is 0.000643. The number of nitrogens with zero attached hydrogens (tertiary/aromatic N) is 3. The van der Waals surface area contributed by atoms with E-state index < -0.39 is 0 Å². The van der Waals surface area contributed by atoms with Gasteiger partial charge in [0.25, 0.3) is 5.91 Å². The van der Waals surface area contributed by atoms with Gasteiger partial charge < -0.3 is 15.0 Å². The van der Waals surface area contributed by atoms with Gasteiger partial charge in [0.2, 0.25) is 5.91 Å². The number of aryl methyl sites for hydroxylation is 2. The molecular formula is C21H26N4O3. The van der Waals surface area contributed by atoms with E-state index in [0.29, 0.717) is 43.9 Å². The molecule has 1 N–H and O–H groups in total. The van der Waals surface area contributed by atoms with Crippen molar-refractivity contribution in [3.8, 4) is 5.75 Å². The molecule has 1 aliphatic rings. The van der Waals surface area contributed by atoms with Crippen molar-refractivity contribution in [3.63, 3.8) is 0 Å². The molecule has 0 spiro atoms. The number of hydrogen-bond donors (Lipinski definition) is 1. The molecule has 3 rings (SSSR count). The zero-order chi connectivity index (χ0) is 20.1. The first kappa shape index (κ1) is 19.8. The SMILES string of the molecule is COc1ccc(C(=O)N2CCC(C(=O)NCc3nc(C)cc(C)n3)CC2)cc1. The van der Waals surface area contributed by atoms with Crippen molar-refractivity contribution in [2.24, 2.45) is 5.92 Å². The smallest absolute Gasteiger partial charge is 0.253 e. The largest absolute Gasteiger partial charge is 0.497 e. The van der Waals surface area contributed by atoms with Gasteiger partial charge in [-0.2, -0.15) is 0 Å². The lowest BCUT2D eigenvalue weighted by molar-refractivity contribution is -0.126. The van der Waals surface area contributed by atoms with Crippen LogP contribution < -0.4 is 10.1 Å². The molecule has 2 amide bonds. The summed E-state index contributed by atoms with van der Waals surface area (Å²) >= 11 is 0. The number of ether oxygens (including phenoxy) is 1. The second kappa shape index (κ2) is 8.82. The lowest BCUT2D eigenvalue weighted by Crippen LogP contribution is -2.43. The zero-order valence-electron chi connectivity index (χ0n) is 16.6. The lowest BCUT2D eigenvalue weighted by Gasteiger charge is -2.31. The fourth-order valence-corrected chi connectivity index (χ4v) is 3.45. The van der Waals surface area contributed by atoms with Gasteiger partial charge in [0.1, 0.15) is 11.6 Å². The van der Waals surface area contributed by atoms with Gasteiger partial charge in [-0.25, -0.2) is 9.97 Å². The Morgan fingerprint density at radius 3 is 2.29 bits per heavy atom. The summed E-state index contributed by atoms with van der Waals surface area (Å²) in [6, 6.07) is 9.00. The van der Waals surface area contributed by atoms with Gasteiger partial charge in [-0.3, -0.25) is 9.59 Å². The van der Waals surface area contributed by atoms with E-state index in [4.69, 9.17) is 4.74 Å². The Hall–Kier alpha value is -2.96. The van der Waals surface area contributed by atoms with Gasteiger partial charge in [0.05, 0.1) is 13.7 Å². The number of aromatic nitrogens is 2. The van der Waals surface area contributed by atoms with Crippen LogP contribution in [0.25, 0.3) is 0 Å². The van der Waals surface area contributed by atoms with Crippen molar-refractivity contribution in [2.75, 3.05) is 20.2 Å². The van der Waals surface area contributed by atoms with E-state index in [-0.39, 0.29) is 17.7 Å². The zero-order valence-corrected chi connectivity index (χ0v) is 16.6. The number of benzene rings is 1. The van der Waals surface area contributed by atoms with Crippen LogP contribution in [0.15, 0.2) is 30.3 Å². The van der Waals surface area contributed by atoms with Crippen molar-refractivity contribution in [1.82, 2.24) is 20.2 Å². The highest BCUT2D eigenvalue weighted by atomic mass is 16.5. The van der Waals surface area contributed by atoms with Crippen molar-refractivity contribution in [3.05, 3.63) is 53.1 Å². The summed E-state index contributed by atoms with van der Waals surface area (Å²) in [5.41, 5.74) is 2.42. The second-order valence-electron chi connectivity index (χ2n) is 7.08. The molecule has 148 valence electrons. The van der Waals surface area contributed by atoms with Crippen molar-refractivity contribution >= 4 is 11.8 Å². The highest BCUT2D eigenvalue weighted by molar-refractivity contribution is 5.94. The fraction of sp³-hybridized carbons (Fsp3) is 0.429. The van der Waals surface area contributed by atoms with E-state index in [1.807, 2.05) is 19.9 Å². The highest BCUT2D eigenvalue weighted by Gasteiger charge is 2.27. The number of piperidine rings is 1. The van der Waals surface area contributed by atoms with Gasteiger partial charge in [-0.1, -0.05) is 0 Å². The molecule has 1 aromatic carbocycles. The minimum Gasteiger partial charge on any atom is -0.497 e. The van der Waals surface area contributed by atoms with Crippen LogP contribution >= 0.6 is 0 Å². The number of likely N-dealkylation sites (tertiary alicyclic amines) is 1. The van der Waals surface area contributed by atoms with Crippen LogP contribution in [0.1, 0.15) is 40.4 Å². The van der Waals surface area contributed by atoms with Gasteiger partial charge >= 0.3 is 0 Å². The maximum Gasteiger partial charge on any atom is 0.253 e. The first-order valence-electron chi connectivity index (χ1n) is 9.48. The van der Waals surface area contributed by atoms with Crippen LogP contribution in [0.3, 0.4) is 0 Å². The third kappa shape index (κ3) is 4.85. The summed E-state index contributed by atoms with van der Waals surface area (Å²) in [5, 5.41) is 2.93. The number of hydrogen-bond acceptors (Lipinski definition) is 5. The van der Waals surface area contributed by atoms with Gasteiger partial charge in [0, 0.05) is 36.0 Å². The van der Waals surface area contributed by atoms with Gasteiger partial charge in [-0.05, 0) is 57.0 Å². The Balaban J connectivity index is 1.49. The standard InChI is InChI=1S/C21H26N4O3/c1-14-12-15(2)24-19(23-14)13-22-20(26)16-8-10-25(11-9-16)21(27)17-4-6-18(28-3)7-5-17/h4-7,12,16H,8-11,13H2,1-3H3,(H,22,26). The molecule has 2 aromatic rings. The summed E-state index contributed by atoms with van der Waals surface area (Å²) in [6.07, 6.45) is 1.31. The molecule has 0 atom stereocenters. The average Bonchev–Trinajstić information content (AvgIpc) is 2.71.